The standard InChI is InChI=1S/C34H41ClN4O5S2/c1-22(2)17-29(45-39-34(43)44-28(24-10-4-3-5-11-24)19-23-9-8-12-26(35)18-23)33(42)38-27(20-25-13-14-37-32(25)41)31(40)30(21-36)46-15-6-7-16-46/h3-5,8-12,18,22,25,27-29H,6-7,13-17,19-20H2,1-2H3,(H,37,41)(H,38,42)(H,39,43)/t25-,27-,28?,29-/m0/s1. The molecule has 0 aliphatic carbocycles. The fraction of sp³-hybridized carbons (Fsp3) is 0.471. The summed E-state index contributed by atoms with van der Waals surface area (Å²) in [5.41, 5.74) is 1.71. The van der Waals surface area contributed by atoms with Crippen molar-refractivity contribution in [2.45, 2.75) is 69.8 Å². The van der Waals surface area contributed by atoms with Crippen LogP contribution in [0.25, 0.3) is 0 Å². The molecule has 46 heavy (non-hydrogen) atoms. The van der Waals surface area contributed by atoms with Crippen LogP contribution >= 0.6 is 34.0 Å². The number of hydrogen-bond acceptors (Lipinski definition) is 7. The normalized spacial score (nSPS) is 18.2. The van der Waals surface area contributed by atoms with Gasteiger partial charge in [0.05, 0.1) is 6.04 Å². The number of nitrogens with zero attached hydrogens (tertiary/aromatic N) is 1. The first-order valence-electron chi connectivity index (χ1n) is 15.6. The Kier molecular flexibility index (Phi) is 13.6. The average molecular weight is 685 g/mol. The van der Waals surface area contributed by atoms with Gasteiger partial charge >= 0.3 is 6.09 Å². The van der Waals surface area contributed by atoms with E-state index in [0.717, 1.165) is 47.4 Å². The summed E-state index contributed by atoms with van der Waals surface area (Å²) >= 11 is 7.12. The molecule has 246 valence electrons. The smallest absolute Gasteiger partial charge is 0.417 e. The molecule has 2 heterocycles. The Bertz CT molecular complexity index is 1470. The number of hydrogen-bond donors (Lipinski definition) is 3. The van der Waals surface area contributed by atoms with E-state index in [1.807, 2.05) is 62.4 Å². The molecule has 3 N–H and O–H groups in total. The van der Waals surface area contributed by atoms with Crippen molar-refractivity contribution >= 4 is 62.6 Å². The third kappa shape index (κ3) is 10.3. The van der Waals surface area contributed by atoms with Gasteiger partial charge in [-0.15, -0.1) is 0 Å². The molecular formula is C34H41ClN4O5S2. The number of carbonyl (C=O) groups excluding carboxylic acids is 4. The second-order valence-corrected chi connectivity index (χ2v) is 15.6. The molecule has 2 aliphatic rings. The predicted molar refractivity (Wildman–Crippen MR) is 185 cm³/mol. The molecular weight excluding hydrogens is 644 g/mol. The largest absolute Gasteiger partial charge is 0.440 e. The summed E-state index contributed by atoms with van der Waals surface area (Å²) in [6.45, 7) is 4.43. The molecule has 9 nitrogen and oxygen atoms in total. The van der Waals surface area contributed by atoms with Gasteiger partial charge in [0.25, 0.3) is 0 Å². The van der Waals surface area contributed by atoms with Gasteiger partial charge in [0, 0.05) is 23.9 Å². The van der Waals surface area contributed by atoms with Gasteiger partial charge in [-0.05, 0) is 84.7 Å². The lowest BCUT2D eigenvalue weighted by Gasteiger charge is -2.25. The van der Waals surface area contributed by atoms with Crippen LogP contribution in [0.3, 0.4) is 0 Å². The van der Waals surface area contributed by atoms with Gasteiger partial charge in [-0.2, -0.15) is 15.7 Å². The van der Waals surface area contributed by atoms with Gasteiger partial charge < -0.3 is 15.4 Å². The topological polar surface area (TPSA) is 137 Å². The summed E-state index contributed by atoms with van der Waals surface area (Å²) in [6, 6.07) is 17.9. The SMILES string of the molecule is CC(C)C[C@H](SNC(=O)OC(Cc1cccc(Cl)c1)c1ccccc1)C(=O)N[C@@H](C[C@@H]1CCNC1=O)C(=O)C(C#N)=S1CCCC1. The summed E-state index contributed by atoms with van der Waals surface area (Å²) in [4.78, 5) is 53.2. The number of nitriles is 1. The summed E-state index contributed by atoms with van der Waals surface area (Å²) in [5.74, 6) is 0.236. The van der Waals surface area contributed by atoms with Crippen LogP contribution in [0.2, 0.25) is 5.02 Å². The van der Waals surface area contributed by atoms with Gasteiger partial charge in [0.1, 0.15) is 22.3 Å². The van der Waals surface area contributed by atoms with Crippen molar-refractivity contribution in [1.29, 1.82) is 5.26 Å². The van der Waals surface area contributed by atoms with Crippen LogP contribution in [0.15, 0.2) is 54.6 Å². The number of amides is 3. The number of Topliss-reactive ketones (excluding diaryl/α,β-unsaturated/α-hetero) is 1. The third-order valence-corrected chi connectivity index (χ3v) is 11.6. The summed E-state index contributed by atoms with van der Waals surface area (Å²) in [5, 5.41) is 15.4. The van der Waals surface area contributed by atoms with E-state index < -0.39 is 51.6 Å². The molecule has 0 saturated carbocycles. The van der Waals surface area contributed by atoms with Crippen LogP contribution in [0.1, 0.15) is 63.2 Å². The Morgan fingerprint density at radius 2 is 1.87 bits per heavy atom. The molecule has 0 radical (unpaired) electrons. The molecule has 3 amide bonds. The van der Waals surface area contributed by atoms with Crippen LogP contribution in [-0.4, -0.2) is 57.9 Å². The van der Waals surface area contributed by atoms with Crippen LogP contribution in [0, 0.1) is 23.2 Å². The lowest BCUT2D eigenvalue weighted by molar-refractivity contribution is -0.127. The minimum atomic E-state index is -1.01. The Morgan fingerprint density at radius 3 is 2.50 bits per heavy atom. The summed E-state index contributed by atoms with van der Waals surface area (Å²) < 4.78 is 8.55. The van der Waals surface area contributed by atoms with Gasteiger partial charge in [-0.25, -0.2) is 4.79 Å². The Balaban J connectivity index is 1.47. The number of ether oxygens (including phenoxy) is 1. The number of benzene rings is 2. The minimum Gasteiger partial charge on any atom is -0.440 e. The van der Waals surface area contributed by atoms with Gasteiger partial charge in [0.15, 0.2) is 0 Å². The Hall–Kier alpha value is -3.33. The van der Waals surface area contributed by atoms with Gasteiger partial charge in [-0.3, -0.25) is 19.1 Å². The zero-order chi connectivity index (χ0) is 33.1. The molecule has 2 aromatic carbocycles. The van der Waals surface area contributed by atoms with Crippen LogP contribution in [0.4, 0.5) is 4.79 Å². The fourth-order valence-corrected chi connectivity index (χ4v) is 9.04. The highest BCUT2D eigenvalue weighted by atomic mass is 35.5. The monoisotopic (exact) mass is 684 g/mol. The van der Waals surface area contributed by atoms with Crippen LogP contribution in [-0.2, 0) is 25.5 Å². The zero-order valence-corrected chi connectivity index (χ0v) is 28.5. The maximum Gasteiger partial charge on any atom is 0.417 e. The second kappa shape index (κ2) is 17.5. The molecule has 2 aromatic rings. The summed E-state index contributed by atoms with van der Waals surface area (Å²) in [6.07, 6.45) is 2.10. The van der Waals surface area contributed by atoms with E-state index in [1.165, 1.54) is 0 Å². The zero-order valence-electron chi connectivity index (χ0n) is 26.1. The highest BCUT2D eigenvalue weighted by molar-refractivity contribution is 8.17. The summed E-state index contributed by atoms with van der Waals surface area (Å²) in [7, 11) is -0.442. The maximum absolute atomic E-state index is 13.7. The number of carbonyl (C=O) groups is 4. The number of rotatable bonds is 14. The predicted octanol–water partition coefficient (Wildman–Crippen LogP) is 5.75. The van der Waals surface area contributed by atoms with Gasteiger partial charge in [-0.1, -0.05) is 67.9 Å². The van der Waals surface area contributed by atoms with E-state index in [0.29, 0.717) is 30.8 Å². The first-order chi connectivity index (χ1) is 22.1. The first kappa shape index (κ1) is 35.5. The van der Waals surface area contributed by atoms with E-state index in [-0.39, 0.29) is 23.1 Å². The number of halogens is 1. The molecule has 4 atom stereocenters. The quantitative estimate of drug-likeness (QED) is 0.170. The maximum atomic E-state index is 13.7. The minimum absolute atomic E-state index is 0.0944. The van der Waals surface area contributed by atoms with E-state index in [9.17, 15) is 24.4 Å². The molecule has 0 bridgehead atoms. The average Bonchev–Trinajstić information content (AvgIpc) is 3.71. The molecule has 2 aliphatic heterocycles. The van der Waals surface area contributed by atoms with Crippen LogP contribution < -0.4 is 15.4 Å². The molecule has 4 rings (SSSR count). The van der Waals surface area contributed by atoms with Crippen molar-refractivity contribution in [1.82, 2.24) is 15.4 Å². The van der Waals surface area contributed by atoms with E-state index in [4.69, 9.17) is 16.3 Å². The number of ketones is 1. The fourth-order valence-electron chi connectivity index (χ4n) is 5.61. The molecule has 0 aromatic heterocycles. The van der Waals surface area contributed by atoms with Crippen molar-refractivity contribution in [3.63, 3.8) is 0 Å². The highest BCUT2D eigenvalue weighted by Crippen LogP contribution is 2.29. The van der Waals surface area contributed by atoms with Crippen molar-refractivity contribution in [3.8, 4) is 6.07 Å². The van der Waals surface area contributed by atoms with Crippen molar-refractivity contribution in [2.75, 3.05) is 18.1 Å². The molecule has 2 saturated heterocycles. The first-order valence-corrected chi connectivity index (χ1v) is 18.4. The van der Waals surface area contributed by atoms with E-state index in [1.54, 1.807) is 6.07 Å². The van der Waals surface area contributed by atoms with Crippen molar-refractivity contribution in [2.24, 2.45) is 11.8 Å². The lowest BCUT2D eigenvalue weighted by Crippen LogP contribution is -2.49. The highest BCUT2D eigenvalue weighted by Gasteiger charge is 2.35. The van der Waals surface area contributed by atoms with Crippen molar-refractivity contribution < 1.29 is 23.9 Å². The third-order valence-electron chi connectivity index (χ3n) is 7.95. The number of nitrogens with one attached hydrogen (secondary N) is 3. The Labute approximate surface area is 282 Å². The Morgan fingerprint density at radius 1 is 1.13 bits per heavy atom. The van der Waals surface area contributed by atoms with Gasteiger partial charge in [0.2, 0.25) is 17.6 Å². The van der Waals surface area contributed by atoms with E-state index in [2.05, 4.69) is 21.4 Å². The molecule has 0 spiro atoms. The lowest BCUT2D eigenvalue weighted by atomic mass is 9.94. The second-order valence-electron chi connectivity index (χ2n) is 12.0. The van der Waals surface area contributed by atoms with Crippen LogP contribution in [0.5, 0.6) is 0 Å². The molecule has 1 unspecified atom stereocenters. The molecule has 12 heteroatoms. The van der Waals surface area contributed by atoms with Crippen molar-refractivity contribution in [3.05, 3.63) is 70.7 Å². The molecule has 2 fully saturated rings. The van der Waals surface area contributed by atoms with E-state index >= 15 is 0 Å².